The number of nitrogens with zero attached hydrogens (tertiary/aromatic N) is 1. The summed E-state index contributed by atoms with van der Waals surface area (Å²) >= 11 is 5.45. The molecule has 0 aliphatic rings. The van der Waals surface area contributed by atoms with Gasteiger partial charge in [-0.3, -0.25) is 0 Å². The summed E-state index contributed by atoms with van der Waals surface area (Å²) in [4.78, 5) is 5.95. The lowest BCUT2D eigenvalue weighted by Gasteiger charge is -2.08. The predicted octanol–water partition coefficient (Wildman–Crippen LogP) is 3.25. The highest BCUT2D eigenvalue weighted by Gasteiger charge is 2.32. The first-order chi connectivity index (χ1) is 7.35. The number of benzene rings is 1. The first kappa shape index (κ1) is 11.0. The third-order valence-corrected chi connectivity index (χ3v) is 1.89. The van der Waals surface area contributed by atoms with Gasteiger partial charge in [0.25, 0.3) is 0 Å². The molecule has 0 radical (unpaired) electrons. The zero-order valence-corrected chi connectivity index (χ0v) is 8.16. The van der Waals surface area contributed by atoms with Crippen LogP contribution >= 0.6 is 11.6 Å². The number of fused-ring (bicyclic) bond motifs is 1. The number of hydrogen-bond donors (Lipinski definition) is 1. The van der Waals surface area contributed by atoms with Crippen molar-refractivity contribution < 1.29 is 22.3 Å². The molecule has 8 heteroatoms. The van der Waals surface area contributed by atoms with Crippen LogP contribution < -0.4 is 4.74 Å². The fourth-order valence-electron chi connectivity index (χ4n) is 1.22. The van der Waals surface area contributed by atoms with Gasteiger partial charge < -0.3 is 9.72 Å². The van der Waals surface area contributed by atoms with E-state index in [1.165, 1.54) is 0 Å². The Morgan fingerprint density at radius 1 is 1.31 bits per heavy atom. The molecule has 3 nitrogen and oxygen atoms in total. The van der Waals surface area contributed by atoms with Crippen LogP contribution in [0.4, 0.5) is 17.6 Å². The van der Waals surface area contributed by atoms with Gasteiger partial charge in [0, 0.05) is 6.07 Å². The van der Waals surface area contributed by atoms with Crippen molar-refractivity contribution in [3.05, 3.63) is 23.2 Å². The minimum absolute atomic E-state index is 0.0317. The number of alkyl halides is 3. The van der Waals surface area contributed by atoms with Gasteiger partial charge in [0.15, 0.2) is 5.75 Å². The molecule has 0 aliphatic heterocycles. The summed E-state index contributed by atoms with van der Waals surface area (Å²) < 4.78 is 52.5. The molecule has 0 spiro atoms. The van der Waals surface area contributed by atoms with E-state index in [0.717, 1.165) is 6.07 Å². The quantitative estimate of drug-likeness (QED) is 0.793. The molecule has 0 unspecified atom stereocenters. The van der Waals surface area contributed by atoms with Crippen molar-refractivity contribution in [1.29, 1.82) is 0 Å². The van der Waals surface area contributed by atoms with Crippen LogP contribution in [0.1, 0.15) is 0 Å². The van der Waals surface area contributed by atoms with Crippen molar-refractivity contribution in [1.82, 2.24) is 9.97 Å². The Labute approximate surface area is 91.0 Å². The van der Waals surface area contributed by atoms with E-state index in [4.69, 9.17) is 11.6 Å². The lowest BCUT2D eigenvalue weighted by molar-refractivity contribution is -0.274. The summed E-state index contributed by atoms with van der Waals surface area (Å²) in [7, 11) is 0. The molecular formula is C8H3ClF4N2O. The van der Waals surface area contributed by atoms with E-state index < -0.39 is 17.9 Å². The number of hydrogen-bond acceptors (Lipinski definition) is 2. The lowest BCUT2D eigenvalue weighted by atomic mass is 10.3. The number of rotatable bonds is 1. The van der Waals surface area contributed by atoms with E-state index in [9.17, 15) is 17.6 Å². The molecule has 1 heterocycles. The highest BCUT2D eigenvalue weighted by Crippen LogP contribution is 2.31. The van der Waals surface area contributed by atoms with Gasteiger partial charge >= 0.3 is 6.36 Å². The van der Waals surface area contributed by atoms with Gasteiger partial charge in [-0.25, -0.2) is 9.37 Å². The van der Waals surface area contributed by atoms with E-state index in [1.54, 1.807) is 0 Å². The van der Waals surface area contributed by atoms with Crippen molar-refractivity contribution >= 4 is 22.6 Å². The van der Waals surface area contributed by atoms with Crippen LogP contribution in [-0.2, 0) is 0 Å². The van der Waals surface area contributed by atoms with Crippen LogP contribution in [0.15, 0.2) is 12.1 Å². The van der Waals surface area contributed by atoms with Gasteiger partial charge in [-0.05, 0) is 17.7 Å². The molecule has 0 saturated carbocycles. The van der Waals surface area contributed by atoms with Crippen molar-refractivity contribution in [3.63, 3.8) is 0 Å². The average Bonchev–Trinajstić information content (AvgIpc) is 2.42. The van der Waals surface area contributed by atoms with Crippen LogP contribution in [0.5, 0.6) is 5.75 Å². The normalized spacial score (nSPS) is 12.1. The van der Waals surface area contributed by atoms with Gasteiger partial charge in [-0.2, -0.15) is 0 Å². The van der Waals surface area contributed by atoms with E-state index in [-0.39, 0.29) is 16.3 Å². The summed E-state index contributed by atoms with van der Waals surface area (Å²) in [5, 5.41) is -0.146. The smallest absolute Gasteiger partial charge is 0.403 e. The third-order valence-electron chi connectivity index (χ3n) is 1.71. The highest BCUT2D eigenvalue weighted by atomic mass is 35.5. The monoisotopic (exact) mass is 254 g/mol. The molecule has 1 aromatic carbocycles. The second-order valence-corrected chi connectivity index (χ2v) is 3.23. The number of ether oxygens (including phenoxy) is 1. The van der Waals surface area contributed by atoms with Gasteiger partial charge in [-0.15, -0.1) is 13.2 Å². The first-order valence-electron chi connectivity index (χ1n) is 3.96. The first-order valence-corrected chi connectivity index (χ1v) is 4.33. The molecule has 2 aromatic rings. The molecule has 0 aliphatic carbocycles. The number of imidazole rings is 1. The van der Waals surface area contributed by atoms with Crippen LogP contribution in [0, 0.1) is 5.82 Å². The minimum Gasteiger partial charge on any atom is -0.403 e. The van der Waals surface area contributed by atoms with Crippen molar-refractivity contribution in [3.8, 4) is 5.75 Å². The summed E-state index contributed by atoms with van der Waals surface area (Å²) in [6, 6.07) is 1.56. The van der Waals surface area contributed by atoms with E-state index in [1.807, 2.05) is 0 Å². The largest absolute Gasteiger partial charge is 0.573 e. The molecule has 0 amide bonds. The van der Waals surface area contributed by atoms with Crippen LogP contribution in [0.25, 0.3) is 11.0 Å². The van der Waals surface area contributed by atoms with Crippen molar-refractivity contribution in [2.45, 2.75) is 6.36 Å². The number of nitrogens with one attached hydrogen (secondary N) is 1. The maximum absolute atomic E-state index is 12.9. The molecule has 1 aromatic heterocycles. The summed E-state index contributed by atoms with van der Waals surface area (Å²) in [5.41, 5.74) is -0.145. The van der Waals surface area contributed by atoms with Crippen LogP contribution in [-0.4, -0.2) is 16.3 Å². The molecule has 16 heavy (non-hydrogen) atoms. The van der Waals surface area contributed by atoms with E-state index in [2.05, 4.69) is 14.7 Å². The standard InChI is InChI=1S/C8H3ClF4N2O/c9-7-14-4-1-3(10)2-5(6(4)15-7)16-8(11,12)13/h1-2H,(H,14,15). The van der Waals surface area contributed by atoms with E-state index in [0.29, 0.717) is 6.07 Å². The molecule has 0 fully saturated rings. The third kappa shape index (κ3) is 2.19. The van der Waals surface area contributed by atoms with Gasteiger partial charge in [0.05, 0.1) is 5.52 Å². The topological polar surface area (TPSA) is 37.9 Å². The van der Waals surface area contributed by atoms with Crippen molar-refractivity contribution in [2.24, 2.45) is 0 Å². The number of H-pyrrole nitrogens is 1. The van der Waals surface area contributed by atoms with Crippen LogP contribution in [0.2, 0.25) is 5.28 Å². The lowest BCUT2D eigenvalue weighted by Crippen LogP contribution is -2.17. The van der Waals surface area contributed by atoms with Gasteiger partial charge in [-0.1, -0.05) is 0 Å². The molecule has 0 saturated heterocycles. The molecule has 1 N–H and O–H groups in total. The van der Waals surface area contributed by atoms with Gasteiger partial charge in [0.1, 0.15) is 11.3 Å². The maximum Gasteiger partial charge on any atom is 0.573 e. The Bertz CT molecular complexity index is 537. The summed E-state index contributed by atoms with van der Waals surface area (Å²) in [5.74, 6) is -1.61. The average molecular weight is 255 g/mol. The van der Waals surface area contributed by atoms with Crippen molar-refractivity contribution in [2.75, 3.05) is 0 Å². The SMILES string of the molecule is Fc1cc(OC(F)(F)F)c2nc(Cl)[nH]c2c1. The summed E-state index contributed by atoms with van der Waals surface area (Å²) in [6.45, 7) is 0. The fraction of sp³-hybridized carbons (Fsp3) is 0.125. The summed E-state index contributed by atoms with van der Waals surface area (Å²) in [6.07, 6.45) is -4.91. The Kier molecular flexibility index (Phi) is 2.42. The second kappa shape index (κ2) is 3.51. The molecule has 2 rings (SSSR count). The number of aromatic nitrogens is 2. The second-order valence-electron chi connectivity index (χ2n) is 2.88. The van der Waals surface area contributed by atoms with E-state index >= 15 is 0 Å². The Hall–Kier alpha value is -1.50. The Morgan fingerprint density at radius 3 is 2.62 bits per heavy atom. The fourth-order valence-corrected chi connectivity index (χ4v) is 1.41. The zero-order valence-electron chi connectivity index (χ0n) is 7.40. The Morgan fingerprint density at radius 2 is 2.00 bits per heavy atom. The molecule has 86 valence electrons. The Balaban J connectivity index is 2.58. The molecular weight excluding hydrogens is 252 g/mol. The highest BCUT2D eigenvalue weighted by molar-refractivity contribution is 6.29. The number of halogens is 5. The molecule has 0 atom stereocenters. The van der Waals surface area contributed by atoms with Crippen LogP contribution in [0.3, 0.4) is 0 Å². The molecule has 0 bridgehead atoms. The number of aromatic amines is 1. The van der Waals surface area contributed by atoms with Gasteiger partial charge in [0.2, 0.25) is 5.28 Å². The predicted molar refractivity (Wildman–Crippen MR) is 47.7 cm³/mol. The maximum atomic E-state index is 12.9. The minimum atomic E-state index is -4.91. The zero-order chi connectivity index (χ0) is 11.9.